The maximum Gasteiger partial charge on any atom is 0.295 e. The fraction of sp³-hybridized carbons (Fsp3) is 0.167. The Morgan fingerprint density at radius 3 is 2.43 bits per heavy atom. The van der Waals surface area contributed by atoms with Gasteiger partial charge in [-0.2, -0.15) is 0 Å². The van der Waals surface area contributed by atoms with Gasteiger partial charge in [0.25, 0.3) is 11.5 Å². The Morgan fingerprint density at radius 2 is 1.68 bits per heavy atom. The van der Waals surface area contributed by atoms with Gasteiger partial charge in [-0.05, 0) is 57.2 Å². The monoisotopic (exact) mass is 491 g/mol. The topological polar surface area (TPSA) is 73.3 Å². The number of anilines is 1. The molecule has 0 saturated carbocycles. The lowest BCUT2D eigenvalue weighted by molar-refractivity contribution is 0.102. The summed E-state index contributed by atoms with van der Waals surface area (Å²) < 4.78 is 5.55. The lowest BCUT2D eigenvalue weighted by atomic mass is 10.1. The molecule has 0 spiro atoms. The number of rotatable bonds is 6. The largest absolute Gasteiger partial charge is 0.344 e. The summed E-state index contributed by atoms with van der Waals surface area (Å²) in [5, 5.41) is 3.97. The highest BCUT2D eigenvalue weighted by Gasteiger charge is 2.19. The summed E-state index contributed by atoms with van der Waals surface area (Å²) in [6.07, 6.45) is 1.86. The number of aryl methyl sites for hydroxylation is 1. The van der Waals surface area contributed by atoms with Gasteiger partial charge in [0, 0.05) is 47.5 Å². The molecule has 0 saturated heterocycles. The molecule has 1 N–H and O–H groups in total. The predicted molar refractivity (Wildman–Crippen MR) is 150 cm³/mol. The van der Waals surface area contributed by atoms with Crippen molar-refractivity contribution in [3.8, 4) is 5.69 Å². The molecule has 1 amide bonds. The number of benzene rings is 3. The van der Waals surface area contributed by atoms with E-state index in [-0.39, 0.29) is 17.2 Å². The quantitative estimate of drug-likeness (QED) is 0.306. The summed E-state index contributed by atoms with van der Waals surface area (Å²) in [6, 6.07) is 24.7. The Labute approximate surface area is 215 Å². The second-order valence-electron chi connectivity index (χ2n) is 8.96. The number of nitrogens with one attached hydrogen (secondary N) is 1. The molecule has 7 nitrogen and oxygen atoms in total. The summed E-state index contributed by atoms with van der Waals surface area (Å²) in [6.45, 7) is 6.91. The van der Waals surface area contributed by atoms with Crippen LogP contribution >= 0.6 is 0 Å². The molecule has 0 atom stereocenters. The highest BCUT2D eigenvalue weighted by atomic mass is 16.2. The highest BCUT2D eigenvalue weighted by molar-refractivity contribution is 6.05. The van der Waals surface area contributed by atoms with E-state index in [1.165, 1.54) is 5.52 Å². The van der Waals surface area contributed by atoms with E-state index in [9.17, 15) is 9.59 Å². The molecule has 2 aromatic heterocycles. The van der Waals surface area contributed by atoms with E-state index in [4.69, 9.17) is 0 Å². The number of para-hydroxylation sites is 2. The van der Waals surface area contributed by atoms with Crippen molar-refractivity contribution in [1.82, 2.24) is 13.9 Å². The molecule has 5 aromatic rings. The lowest BCUT2D eigenvalue weighted by Crippen LogP contribution is -2.22. The molecule has 0 bridgehead atoms. The van der Waals surface area contributed by atoms with Crippen LogP contribution in [0.3, 0.4) is 0 Å². The fourth-order valence-corrected chi connectivity index (χ4v) is 4.79. The van der Waals surface area contributed by atoms with E-state index in [0.29, 0.717) is 16.9 Å². The molecule has 186 valence electrons. The van der Waals surface area contributed by atoms with Crippen LogP contribution < -0.4 is 10.9 Å². The molecule has 0 aliphatic rings. The Bertz CT molecular complexity index is 1700. The first kappa shape index (κ1) is 24.1. The third kappa shape index (κ3) is 4.29. The number of carbonyl (C=O) groups is 1. The fourth-order valence-electron chi connectivity index (χ4n) is 4.79. The van der Waals surface area contributed by atoms with Gasteiger partial charge in [-0.1, -0.05) is 42.5 Å². The predicted octanol–water partition coefficient (Wildman–Crippen LogP) is 5.77. The number of aromatic nitrogens is 3. The van der Waals surface area contributed by atoms with E-state index in [0.717, 1.165) is 28.9 Å². The number of hydrogen-bond donors (Lipinski definition) is 1. The minimum Gasteiger partial charge on any atom is -0.344 e. The molecule has 5 rings (SSSR count). The molecular formula is C30H29N5O2. The van der Waals surface area contributed by atoms with Crippen molar-refractivity contribution < 1.29 is 4.79 Å². The van der Waals surface area contributed by atoms with E-state index in [2.05, 4.69) is 40.9 Å². The van der Waals surface area contributed by atoms with Gasteiger partial charge < -0.3 is 9.88 Å². The SMILES string of the molecule is CCn1c(C)c(C=Nc2cccc(C(=O)Nc3c(C)n(C)n(-c4ccccc4)c3=O)c2)c2ccccc21. The summed E-state index contributed by atoms with van der Waals surface area (Å²) >= 11 is 0. The van der Waals surface area contributed by atoms with Crippen molar-refractivity contribution >= 4 is 34.4 Å². The van der Waals surface area contributed by atoms with Crippen LogP contribution in [0.2, 0.25) is 0 Å². The number of hydrogen-bond acceptors (Lipinski definition) is 3. The molecule has 0 unspecified atom stereocenters. The number of carbonyl (C=O) groups excluding carboxylic acids is 1. The molecule has 2 heterocycles. The van der Waals surface area contributed by atoms with Crippen molar-refractivity contribution in [1.29, 1.82) is 0 Å². The molecule has 0 aliphatic carbocycles. The molecule has 0 aliphatic heterocycles. The zero-order valence-electron chi connectivity index (χ0n) is 21.4. The Hall–Kier alpha value is -4.65. The number of nitrogens with zero attached hydrogens (tertiary/aromatic N) is 4. The third-order valence-corrected chi connectivity index (χ3v) is 6.84. The van der Waals surface area contributed by atoms with Crippen molar-refractivity contribution in [2.24, 2.45) is 12.0 Å². The van der Waals surface area contributed by atoms with Crippen LogP contribution in [-0.2, 0) is 13.6 Å². The van der Waals surface area contributed by atoms with Crippen LogP contribution in [0.15, 0.2) is 88.6 Å². The first-order valence-corrected chi connectivity index (χ1v) is 12.3. The second kappa shape index (κ2) is 9.78. The maximum atomic E-state index is 13.2. The van der Waals surface area contributed by atoms with Gasteiger partial charge in [0.15, 0.2) is 0 Å². The van der Waals surface area contributed by atoms with Crippen LogP contribution in [0.4, 0.5) is 11.4 Å². The molecule has 3 aromatic carbocycles. The standard InChI is InChI=1S/C30H29N5O2/c1-5-34-20(2)26(25-16-9-10-17-27(25)34)19-31-23-13-11-12-22(18-23)29(36)32-28-21(3)33(4)35(30(28)37)24-14-7-6-8-15-24/h6-19H,5H2,1-4H3,(H,32,36). The number of amides is 1. The number of fused-ring (bicyclic) bond motifs is 1. The minimum absolute atomic E-state index is 0.258. The molecular weight excluding hydrogens is 462 g/mol. The van der Waals surface area contributed by atoms with Gasteiger partial charge in [0.1, 0.15) is 5.69 Å². The van der Waals surface area contributed by atoms with Gasteiger partial charge in [-0.25, -0.2) is 4.68 Å². The molecule has 37 heavy (non-hydrogen) atoms. The minimum atomic E-state index is -0.359. The Balaban J connectivity index is 1.43. The van der Waals surface area contributed by atoms with Gasteiger partial charge in [-0.3, -0.25) is 19.3 Å². The highest BCUT2D eigenvalue weighted by Crippen LogP contribution is 2.25. The van der Waals surface area contributed by atoms with Crippen molar-refractivity contribution in [2.75, 3.05) is 5.32 Å². The van der Waals surface area contributed by atoms with Gasteiger partial charge >= 0.3 is 0 Å². The van der Waals surface area contributed by atoms with Gasteiger partial charge in [-0.15, -0.1) is 0 Å². The maximum absolute atomic E-state index is 13.2. The van der Waals surface area contributed by atoms with Crippen LogP contribution in [0, 0.1) is 13.8 Å². The molecule has 0 radical (unpaired) electrons. The van der Waals surface area contributed by atoms with E-state index in [1.807, 2.05) is 61.7 Å². The zero-order chi connectivity index (χ0) is 26.1. The number of aliphatic imine (C=N–C) groups is 1. The average molecular weight is 492 g/mol. The Morgan fingerprint density at radius 1 is 0.946 bits per heavy atom. The van der Waals surface area contributed by atoms with Crippen LogP contribution in [-0.4, -0.2) is 26.1 Å². The van der Waals surface area contributed by atoms with Crippen LogP contribution in [0.1, 0.15) is 34.2 Å². The van der Waals surface area contributed by atoms with Gasteiger partial charge in [0.05, 0.1) is 17.1 Å². The summed E-state index contributed by atoms with van der Waals surface area (Å²) in [5.41, 5.74) is 5.85. The summed E-state index contributed by atoms with van der Waals surface area (Å²) in [7, 11) is 1.80. The zero-order valence-corrected chi connectivity index (χ0v) is 21.4. The normalized spacial score (nSPS) is 11.5. The smallest absolute Gasteiger partial charge is 0.295 e. The van der Waals surface area contributed by atoms with E-state index < -0.39 is 0 Å². The van der Waals surface area contributed by atoms with E-state index >= 15 is 0 Å². The van der Waals surface area contributed by atoms with Crippen molar-refractivity contribution in [3.05, 3.63) is 112 Å². The molecule has 0 fully saturated rings. The first-order valence-electron chi connectivity index (χ1n) is 12.3. The van der Waals surface area contributed by atoms with Crippen LogP contribution in [0.5, 0.6) is 0 Å². The van der Waals surface area contributed by atoms with Gasteiger partial charge in [0.2, 0.25) is 0 Å². The summed E-state index contributed by atoms with van der Waals surface area (Å²) in [4.78, 5) is 31.0. The average Bonchev–Trinajstić information content (AvgIpc) is 3.31. The summed E-state index contributed by atoms with van der Waals surface area (Å²) in [5.74, 6) is -0.359. The third-order valence-electron chi connectivity index (χ3n) is 6.84. The first-order chi connectivity index (χ1) is 17.9. The Kier molecular flexibility index (Phi) is 6.36. The lowest BCUT2D eigenvalue weighted by Gasteiger charge is -2.07. The van der Waals surface area contributed by atoms with Crippen LogP contribution in [0.25, 0.3) is 16.6 Å². The van der Waals surface area contributed by atoms with Crippen molar-refractivity contribution in [3.63, 3.8) is 0 Å². The second-order valence-corrected chi connectivity index (χ2v) is 8.96. The van der Waals surface area contributed by atoms with E-state index in [1.54, 1.807) is 34.6 Å². The molecule has 7 heteroatoms. The van der Waals surface area contributed by atoms with Crippen molar-refractivity contribution in [2.45, 2.75) is 27.3 Å².